The summed E-state index contributed by atoms with van der Waals surface area (Å²) in [6.45, 7) is 3.45. The van der Waals surface area contributed by atoms with Gasteiger partial charge in [0.1, 0.15) is 0 Å². The molecule has 1 aromatic rings. The van der Waals surface area contributed by atoms with Crippen molar-refractivity contribution in [2.75, 3.05) is 26.7 Å². The number of hydrogen-bond donors (Lipinski definition) is 1. The molecule has 3 nitrogen and oxygen atoms in total. The maximum absolute atomic E-state index is 4.02. The van der Waals surface area contributed by atoms with E-state index in [1.807, 2.05) is 12.4 Å². The highest BCUT2D eigenvalue weighted by Crippen LogP contribution is 2.13. The second kappa shape index (κ2) is 5.97. The maximum Gasteiger partial charge on any atom is 0.0270 e. The number of hydrogen-bond acceptors (Lipinski definition) is 3. The normalized spacial score (nSPS) is 21.4. The average Bonchev–Trinajstić information content (AvgIpc) is 2.72. The van der Waals surface area contributed by atoms with E-state index in [1.165, 1.54) is 24.9 Å². The largest absolute Gasteiger partial charge is 0.315 e. The Morgan fingerprint density at radius 3 is 2.94 bits per heavy atom. The van der Waals surface area contributed by atoms with Crippen LogP contribution < -0.4 is 5.32 Å². The third kappa shape index (κ3) is 3.29. The van der Waals surface area contributed by atoms with Gasteiger partial charge in [-0.3, -0.25) is 4.98 Å². The molecule has 0 saturated carbocycles. The number of pyridine rings is 1. The van der Waals surface area contributed by atoms with Gasteiger partial charge in [0.05, 0.1) is 0 Å². The fraction of sp³-hybridized carbons (Fsp3) is 0.615. The van der Waals surface area contributed by atoms with Crippen LogP contribution in [0.25, 0.3) is 0 Å². The summed E-state index contributed by atoms with van der Waals surface area (Å²) < 4.78 is 0. The first-order chi connectivity index (χ1) is 7.86. The lowest BCUT2D eigenvalue weighted by Gasteiger charge is -2.19. The minimum Gasteiger partial charge on any atom is -0.315 e. The Morgan fingerprint density at radius 2 is 2.25 bits per heavy atom. The van der Waals surface area contributed by atoms with E-state index in [0.717, 1.165) is 25.6 Å². The van der Waals surface area contributed by atoms with Crippen LogP contribution in [0.4, 0.5) is 0 Å². The average molecular weight is 219 g/mol. The number of aromatic nitrogens is 1. The highest BCUT2D eigenvalue weighted by atomic mass is 15.2. The van der Waals surface area contributed by atoms with E-state index in [-0.39, 0.29) is 0 Å². The van der Waals surface area contributed by atoms with Crippen LogP contribution in [0.5, 0.6) is 0 Å². The zero-order valence-electron chi connectivity index (χ0n) is 10.0. The highest BCUT2D eigenvalue weighted by Gasteiger charge is 2.19. The number of rotatable bonds is 5. The Bertz CT molecular complexity index is 299. The van der Waals surface area contributed by atoms with Crippen molar-refractivity contribution in [1.82, 2.24) is 15.2 Å². The zero-order chi connectivity index (χ0) is 11.2. The first kappa shape index (κ1) is 11.6. The van der Waals surface area contributed by atoms with Gasteiger partial charge < -0.3 is 10.2 Å². The smallest absolute Gasteiger partial charge is 0.0270 e. The topological polar surface area (TPSA) is 28.2 Å². The summed E-state index contributed by atoms with van der Waals surface area (Å²) in [6.07, 6.45) is 7.52. The van der Waals surface area contributed by atoms with Gasteiger partial charge in [-0.25, -0.2) is 0 Å². The monoisotopic (exact) mass is 219 g/mol. The molecule has 1 aromatic heterocycles. The van der Waals surface area contributed by atoms with E-state index in [9.17, 15) is 0 Å². The van der Waals surface area contributed by atoms with Crippen molar-refractivity contribution in [3.05, 3.63) is 30.1 Å². The molecule has 1 aliphatic heterocycles. The van der Waals surface area contributed by atoms with Gasteiger partial charge in [-0.05, 0) is 57.1 Å². The molecule has 1 aliphatic rings. The van der Waals surface area contributed by atoms with Crippen LogP contribution >= 0.6 is 0 Å². The minimum absolute atomic E-state index is 0.748. The van der Waals surface area contributed by atoms with Gasteiger partial charge in [0.2, 0.25) is 0 Å². The van der Waals surface area contributed by atoms with Crippen molar-refractivity contribution < 1.29 is 0 Å². The zero-order valence-corrected chi connectivity index (χ0v) is 10.0. The van der Waals surface area contributed by atoms with Gasteiger partial charge in [0.15, 0.2) is 0 Å². The van der Waals surface area contributed by atoms with Crippen LogP contribution in [0.3, 0.4) is 0 Å². The van der Waals surface area contributed by atoms with Crippen molar-refractivity contribution in [2.45, 2.75) is 25.3 Å². The predicted molar refractivity (Wildman–Crippen MR) is 66.5 cm³/mol. The third-order valence-corrected chi connectivity index (χ3v) is 3.39. The molecule has 1 fully saturated rings. The lowest BCUT2D eigenvalue weighted by molar-refractivity contribution is 0.301. The number of nitrogens with one attached hydrogen (secondary N) is 1. The van der Waals surface area contributed by atoms with E-state index in [1.54, 1.807) is 0 Å². The van der Waals surface area contributed by atoms with Gasteiger partial charge in [-0.15, -0.1) is 0 Å². The summed E-state index contributed by atoms with van der Waals surface area (Å²) in [4.78, 5) is 6.48. The Hall–Kier alpha value is -0.930. The van der Waals surface area contributed by atoms with Gasteiger partial charge in [-0.1, -0.05) is 0 Å². The Balaban J connectivity index is 1.62. The van der Waals surface area contributed by atoms with Gasteiger partial charge >= 0.3 is 0 Å². The van der Waals surface area contributed by atoms with Crippen LogP contribution in [0.2, 0.25) is 0 Å². The summed E-state index contributed by atoms with van der Waals surface area (Å²) in [5.74, 6) is 0. The number of likely N-dealkylation sites (N-methyl/N-ethyl adjacent to an activating group) is 1. The molecule has 2 rings (SSSR count). The van der Waals surface area contributed by atoms with Crippen molar-refractivity contribution in [2.24, 2.45) is 0 Å². The molecule has 0 spiro atoms. The van der Waals surface area contributed by atoms with Crippen LogP contribution in [-0.2, 0) is 6.42 Å². The lowest BCUT2D eigenvalue weighted by Crippen LogP contribution is -2.36. The molecule has 88 valence electrons. The minimum atomic E-state index is 0.748. The first-order valence-corrected chi connectivity index (χ1v) is 6.16. The standard InChI is InChI=1S/C13H21N3/c1-16-10-2-3-13(16)11-15-9-6-12-4-7-14-8-5-12/h4-5,7-8,13,15H,2-3,6,9-11H2,1H3. The first-order valence-electron chi connectivity index (χ1n) is 6.16. The molecule has 3 heteroatoms. The summed E-state index contributed by atoms with van der Waals surface area (Å²) >= 11 is 0. The SMILES string of the molecule is CN1CCCC1CNCCc1ccncc1. The summed E-state index contributed by atoms with van der Waals surface area (Å²) in [5.41, 5.74) is 1.36. The molecule has 16 heavy (non-hydrogen) atoms. The molecule has 0 radical (unpaired) electrons. The molecule has 2 heterocycles. The fourth-order valence-electron chi connectivity index (χ4n) is 2.29. The van der Waals surface area contributed by atoms with Crippen molar-refractivity contribution in [3.8, 4) is 0 Å². The highest BCUT2D eigenvalue weighted by molar-refractivity contribution is 5.09. The third-order valence-electron chi connectivity index (χ3n) is 3.39. The molecule has 1 saturated heterocycles. The Kier molecular flexibility index (Phi) is 4.31. The number of likely N-dealkylation sites (tertiary alicyclic amines) is 1. The summed E-state index contributed by atoms with van der Waals surface area (Å²) in [5, 5.41) is 3.54. The maximum atomic E-state index is 4.02. The molecule has 1 atom stereocenters. The van der Waals surface area contributed by atoms with Crippen LogP contribution in [0.1, 0.15) is 18.4 Å². The van der Waals surface area contributed by atoms with E-state index in [4.69, 9.17) is 0 Å². The molecular weight excluding hydrogens is 198 g/mol. The van der Waals surface area contributed by atoms with E-state index in [0.29, 0.717) is 0 Å². The summed E-state index contributed by atoms with van der Waals surface area (Å²) in [7, 11) is 2.22. The Morgan fingerprint density at radius 1 is 1.44 bits per heavy atom. The van der Waals surface area contributed by atoms with Gasteiger partial charge in [0.25, 0.3) is 0 Å². The van der Waals surface area contributed by atoms with Gasteiger partial charge in [-0.2, -0.15) is 0 Å². The molecular formula is C13H21N3. The second-order valence-corrected chi connectivity index (χ2v) is 4.59. The lowest BCUT2D eigenvalue weighted by atomic mass is 10.2. The fourth-order valence-corrected chi connectivity index (χ4v) is 2.29. The van der Waals surface area contributed by atoms with Crippen molar-refractivity contribution in [3.63, 3.8) is 0 Å². The molecule has 0 amide bonds. The van der Waals surface area contributed by atoms with E-state index < -0.39 is 0 Å². The van der Waals surface area contributed by atoms with E-state index in [2.05, 4.69) is 34.4 Å². The number of nitrogens with zero attached hydrogens (tertiary/aromatic N) is 2. The van der Waals surface area contributed by atoms with Crippen molar-refractivity contribution in [1.29, 1.82) is 0 Å². The second-order valence-electron chi connectivity index (χ2n) is 4.59. The van der Waals surface area contributed by atoms with Crippen LogP contribution in [-0.4, -0.2) is 42.6 Å². The molecule has 1 unspecified atom stereocenters. The Labute approximate surface area is 97.9 Å². The van der Waals surface area contributed by atoms with Crippen LogP contribution in [0, 0.1) is 0 Å². The van der Waals surface area contributed by atoms with Gasteiger partial charge in [0, 0.05) is 25.0 Å². The van der Waals surface area contributed by atoms with Crippen molar-refractivity contribution >= 4 is 0 Å². The summed E-state index contributed by atoms with van der Waals surface area (Å²) in [6, 6.07) is 4.92. The van der Waals surface area contributed by atoms with E-state index >= 15 is 0 Å². The molecule has 0 aliphatic carbocycles. The quantitative estimate of drug-likeness (QED) is 0.757. The van der Waals surface area contributed by atoms with Crippen LogP contribution in [0.15, 0.2) is 24.5 Å². The molecule has 1 N–H and O–H groups in total. The molecule has 0 aromatic carbocycles. The molecule has 0 bridgehead atoms. The predicted octanol–water partition coefficient (Wildman–Crippen LogP) is 1.31.